The summed E-state index contributed by atoms with van der Waals surface area (Å²) in [6, 6.07) is 8.75. The Balaban J connectivity index is 1.97. The minimum absolute atomic E-state index is 0.215. The number of benzene rings is 1. The van der Waals surface area contributed by atoms with Gasteiger partial charge in [0.25, 0.3) is 0 Å². The van der Waals surface area contributed by atoms with Crippen molar-refractivity contribution in [1.29, 1.82) is 0 Å². The predicted molar refractivity (Wildman–Crippen MR) is 85.0 cm³/mol. The third kappa shape index (κ3) is 2.59. The molecule has 2 atom stereocenters. The lowest BCUT2D eigenvalue weighted by atomic mass is 9.71. The summed E-state index contributed by atoms with van der Waals surface area (Å²) in [4.78, 5) is 12.4. The van der Waals surface area contributed by atoms with E-state index in [0.29, 0.717) is 12.0 Å². The summed E-state index contributed by atoms with van der Waals surface area (Å²) in [5, 5.41) is 3.67. The van der Waals surface area contributed by atoms with Gasteiger partial charge >= 0.3 is 0 Å². The van der Waals surface area contributed by atoms with Crippen LogP contribution in [0.2, 0.25) is 0 Å². The molecule has 3 nitrogen and oxygen atoms in total. The van der Waals surface area contributed by atoms with Crippen LogP contribution in [0.1, 0.15) is 68.9 Å². The largest absolute Gasteiger partial charge is 0.368 e. The highest BCUT2D eigenvalue weighted by atomic mass is 16.1. The topological polar surface area (TPSA) is 55.1 Å². The van der Waals surface area contributed by atoms with Crippen LogP contribution in [0.3, 0.4) is 0 Å². The van der Waals surface area contributed by atoms with E-state index < -0.39 is 5.54 Å². The van der Waals surface area contributed by atoms with Crippen LogP contribution in [0.25, 0.3) is 0 Å². The van der Waals surface area contributed by atoms with E-state index in [-0.39, 0.29) is 5.91 Å². The minimum Gasteiger partial charge on any atom is -0.368 e. The third-order valence-electron chi connectivity index (χ3n) is 5.38. The van der Waals surface area contributed by atoms with Crippen LogP contribution in [-0.4, -0.2) is 11.9 Å². The maximum absolute atomic E-state index is 12.4. The maximum atomic E-state index is 12.4. The first-order valence-corrected chi connectivity index (χ1v) is 8.30. The van der Waals surface area contributed by atoms with Crippen molar-refractivity contribution in [3.63, 3.8) is 0 Å². The molecule has 0 aromatic heterocycles. The first-order chi connectivity index (χ1) is 10.1. The van der Waals surface area contributed by atoms with Crippen molar-refractivity contribution in [2.24, 2.45) is 5.73 Å². The molecule has 21 heavy (non-hydrogen) atoms. The van der Waals surface area contributed by atoms with Gasteiger partial charge in [0.15, 0.2) is 0 Å². The zero-order valence-corrected chi connectivity index (χ0v) is 12.9. The molecule has 2 unspecified atom stereocenters. The molecule has 1 aromatic rings. The summed E-state index contributed by atoms with van der Waals surface area (Å²) < 4.78 is 0. The van der Waals surface area contributed by atoms with Crippen LogP contribution in [-0.2, 0) is 10.3 Å². The Hall–Kier alpha value is -1.35. The molecule has 2 aliphatic carbocycles. The van der Waals surface area contributed by atoms with Gasteiger partial charge in [0.05, 0.1) is 0 Å². The van der Waals surface area contributed by atoms with Crippen LogP contribution in [0.15, 0.2) is 24.3 Å². The van der Waals surface area contributed by atoms with Crippen LogP contribution in [0.4, 0.5) is 0 Å². The molecule has 0 bridgehead atoms. The first kappa shape index (κ1) is 14.6. The van der Waals surface area contributed by atoms with Gasteiger partial charge in [-0.25, -0.2) is 0 Å². The highest BCUT2D eigenvalue weighted by molar-refractivity contribution is 5.87. The molecule has 1 amide bonds. The summed E-state index contributed by atoms with van der Waals surface area (Å²) in [5.41, 5.74) is 7.61. The molecular weight excluding hydrogens is 260 g/mol. The van der Waals surface area contributed by atoms with Crippen molar-refractivity contribution in [1.82, 2.24) is 5.32 Å². The summed E-state index contributed by atoms with van der Waals surface area (Å²) in [5.74, 6) is 0.286. The second-order valence-corrected chi connectivity index (χ2v) is 6.78. The molecule has 114 valence electrons. The van der Waals surface area contributed by atoms with Crippen molar-refractivity contribution >= 4 is 5.91 Å². The highest BCUT2D eigenvalue weighted by Gasteiger charge is 2.44. The Labute approximate surface area is 127 Å². The number of primary amides is 1. The van der Waals surface area contributed by atoms with Gasteiger partial charge in [-0.1, -0.05) is 50.5 Å². The summed E-state index contributed by atoms with van der Waals surface area (Å²) in [6.07, 6.45) is 7.97. The molecule has 3 N–H and O–H groups in total. The number of rotatable bonds is 3. The zero-order valence-electron chi connectivity index (χ0n) is 12.9. The molecule has 2 aliphatic rings. The van der Waals surface area contributed by atoms with Gasteiger partial charge in [-0.05, 0) is 42.7 Å². The van der Waals surface area contributed by atoms with Gasteiger partial charge in [-0.3, -0.25) is 10.1 Å². The van der Waals surface area contributed by atoms with Crippen LogP contribution in [0.5, 0.6) is 0 Å². The number of nitrogens with two attached hydrogens (primary N) is 1. The molecule has 0 aliphatic heterocycles. The van der Waals surface area contributed by atoms with E-state index in [9.17, 15) is 4.79 Å². The second kappa shape index (κ2) is 5.80. The van der Waals surface area contributed by atoms with Crippen LogP contribution >= 0.6 is 0 Å². The Morgan fingerprint density at radius 3 is 2.62 bits per heavy atom. The molecule has 0 radical (unpaired) electrons. The van der Waals surface area contributed by atoms with E-state index in [2.05, 4.69) is 30.4 Å². The normalized spacial score (nSPS) is 29.9. The molecule has 1 aromatic carbocycles. The molecule has 1 saturated carbocycles. The second-order valence-electron chi connectivity index (χ2n) is 6.78. The standard InChI is InChI=1S/C18H26N2O/c1-13-11-12-18(17(19)21,16-10-6-5-9-15(13)16)20-14-7-3-2-4-8-14/h5-6,9-10,13-14,20H,2-4,7-8,11-12H2,1H3,(H2,19,21). The number of carbonyl (C=O) groups is 1. The van der Waals surface area contributed by atoms with Gasteiger partial charge in [0, 0.05) is 6.04 Å². The SMILES string of the molecule is CC1CCC(NC2CCCCC2)(C(N)=O)c2ccccc21. The Morgan fingerprint density at radius 1 is 1.19 bits per heavy atom. The minimum atomic E-state index is -0.662. The maximum Gasteiger partial charge on any atom is 0.242 e. The Bertz CT molecular complexity index is 522. The monoisotopic (exact) mass is 286 g/mol. The van der Waals surface area contributed by atoms with E-state index in [1.165, 1.54) is 24.8 Å². The fourth-order valence-electron chi connectivity index (χ4n) is 4.11. The summed E-state index contributed by atoms with van der Waals surface area (Å²) >= 11 is 0. The zero-order chi connectivity index (χ0) is 14.9. The van der Waals surface area contributed by atoms with Crippen molar-refractivity contribution < 1.29 is 4.79 Å². The molecular formula is C18H26N2O. The number of amides is 1. The van der Waals surface area contributed by atoms with Crippen molar-refractivity contribution in [3.05, 3.63) is 35.4 Å². The van der Waals surface area contributed by atoms with Gasteiger partial charge in [0.1, 0.15) is 5.54 Å². The van der Waals surface area contributed by atoms with Crippen LogP contribution < -0.4 is 11.1 Å². The van der Waals surface area contributed by atoms with Gasteiger partial charge in [-0.2, -0.15) is 0 Å². The number of carbonyl (C=O) groups excluding carboxylic acids is 1. The third-order valence-corrected chi connectivity index (χ3v) is 5.38. The Kier molecular flexibility index (Phi) is 4.03. The Morgan fingerprint density at radius 2 is 1.90 bits per heavy atom. The fraction of sp³-hybridized carbons (Fsp3) is 0.611. The van der Waals surface area contributed by atoms with E-state index in [4.69, 9.17) is 5.73 Å². The van der Waals surface area contributed by atoms with Crippen molar-refractivity contribution in [3.8, 4) is 0 Å². The number of hydrogen-bond acceptors (Lipinski definition) is 2. The fourth-order valence-corrected chi connectivity index (χ4v) is 4.11. The van der Waals surface area contributed by atoms with Gasteiger partial charge < -0.3 is 5.73 Å². The molecule has 0 spiro atoms. The quantitative estimate of drug-likeness (QED) is 0.896. The predicted octanol–water partition coefficient (Wildman–Crippen LogP) is 3.19. The molecule has 0 saturated heterocycles. The van der Waals surface area contributed by atoms with Gasteiger partial charge in [0.2, 0.25) is 5.91 Å². The number of hydrogen-bond donors (Lipinski definition) is 2. The van der Waals surface area contributed by atoms with E-state index in [1.807, 2.05) is 6.07 Å². The summed E-state index contributed by atoms with van der Waals surface area (Å²) in [7, 11) is 0. The number of nitrogens with one attached hydrogen (secondary N) is 1. The molecule has 1 fully saturated rings. The van der Waals surface area contributed by atoms with E-state index >= 15 is 0 Å². The average molecular weight is 286 g/mol. The lowest BCUT2D eigenvalue weighted by Gasteiger charge is -2.42. The summed E-state index contributed by atoms with van der Waals surface area (Å²) in [6.45, 7) is 2.24. The lowest BCUT2D eigenvalue weighted by Crippen LogP contribution is -2.58. The van der Waals surface area contributed by atoms with Gasteiger partial charge in [-0.15, -0.1) is 0 Å². The lowest BCUT2D eigenvalue weighted by molar-refractivity contribution is -0.126. The molecule has 0 heterocycles. The number of fused-ring (bicyclic) bond motifs is 1. The highest BCUT2D eigenvalue weighted by Crippen LogP contribution is 2.42. The molecule has 3 heteroatoms. The smallest absolute Gasteiger partial charge is 0.242 e. The van der Waals surface area contributed by atoms with E-state index in [1.54, 1.807) is 0 Å². The van der Waals surface area contributed by atoms with E-state index in [0.717, 1.165) is 31.2 Å². The van der Waals surface area contributed by atoms with Crippen molar-refractivity contribution in [2.45, 2.75) is 69.4 Å². The average Bonchev–Trinajstić information content (AvgIpc) is 2.51. The van der Waals surface area contributed by atoms with Crippen LogP contribution in [0, 0.1) is 0 Å². The first-order valence-electron chi connectivity index (χ1n) is 8.30. The molecule has 3 rings (SSSR count). The van der Waals surface area contributed by atoms with Crippen molar-refractivity contribution in [2.75, 3.05) is 0 Å².